The highest BCUT2D eigenvalue weighted by atomic mass is 16.5. The number of aromatic nitrogens is 2. The minimum Gasteiger partial charge on any atom is -0.480 e. The van der Waals surface area contributed by atoms with Gasteiger partial charge < -0.3 is 20.1 Å². The predicted octanol–water partition coefficient (Wildman–Crippen LogP) is -0.154. The zero-order chi connectivity index (χ0) is 15.4. The van der Waals surface area contributed by atoms with Crippen LogP contribution in [0.4, 0.5) is 4.79 Å². The maximum absolute atomic E-state index is 12.1. The molecule has 2 heterocycles. The largest absolute Gasteiger partial charge is 0.480 e. The standard InChI is InChI=1S/C13H20N4O4/c1-16-9(4-6-15-16)3-5-14-13(20)17-8-10(21-2)7-11(17)12(18)19/h4,6,10-11H,3,5,7-8H2,1-2H3,(H,14,20)(H,18,19). The van der Waals surface area contributed by atoms with Crippen LogP contribution in [-0.4, -0.2) is 64.1 Å². The van der Waals surface area contributed by atoms with Gasteiger partial charge in [-0.05, 0) is 6.07 Å². The number of nitrogens with one attached hydrogen (secondary N) is 1. The molecular weight excluding hydrogens is 276 g/mol. The topological polar surface area (TPSA) is 96.7 Å². The number of carbonyl (C=O) groups excluding carboxylic acids is 1. The number of urea groups is 1. The molecule has 8 heteroatoms. The Morgan fingerprint density at radius 2 is 2.33 bits per heavy atom. The summed E-state index contributed by atoms with van der Waals surface area (Å²) in [6, 6.07) is 0.680. The van der Waals surface area contributed by atoms with Gasteiger partial charge in [0.25, 0.3) is 0 Å². The fourth-order valence-corrected chi connectivity index (χ4v) is 2.47. The number of nitrogens with zero attached hydrogens (tertiary/aromatic N) is 3. The summed E-state index contributed by atoms with van der Waals surface area (Å²) in [5.74, 6) is -1.00. The number of hydrogen-bond donors (Lipinski definition) is 2. The van der Waals surface area contributed by atoms with Crippen molar-refractivity contribution in [2.75, 3.05) is 20.2 Å². The first-order valence-electron chi connectivity index (χ1n) is 6.80. The molecule has 1 aromatic heterocycles. The minimum atomic E-state index is -1.00. The van der Waals surface area contributed by atoms with E-state index in [2.05, 4.69) is 10.4 Å². The Hall–Kier alpha value is -2.09. The highest BCUT2D eigenvalue weighted by Crippen LogP contribution is 2.20. The SMILES string of the molecule is COC1CC(C(=O)O)N(C(=O)NCCc2ccnn2C)C1. The van der Waals surface area contributed by atoms with Crippen LogP contribution in [0.2, 0.25) is 0 Å². The van der Waals surface area contributed by atoms with E-state index >= 15 is 0 Å². The van der Waals surface area contributed by atoms with Gasteiger partial charge in [-0.3, -0.25) is 4.68 Å². The van der Waals surface area contributed by atoms with Crippen molar-refractivity contribution in [3.8, 4) is 0 Å². The second-order valence-electron chi connectivity index (χ2n) is 5.03. The lowest BCUT2D eigenvalue weighted by Crippen LogP contribution is -2.46. The fourth-order valence-electron chi connectivity index (χ4n) is 2.47. The van der Waals surface area contributed by atoms with Crippen LogP contribution in [-0.2, 0) is 23.0 Å². The van der Waals surface area contributed by atoms with Gasteiger partial charge in [0.05, 0.1) is 6.10 Å². The molecule has 1 saturated heterocycles. The Kier molecular flexibility index (Phi) is 4.79. The van der Waals surface area contributed by atoms with Gasteiger partial charge >= 0.3 is 12.0 Å². The molecule has 2 unspecified atom stereocenters. The Morgan fingerprint density at radius 1 is 1.57 bits per heavy atom. The van der Waals surface area contributed by atoms with E-state index in [1.54, 1.807) is 10.9 Å². The summed E-state index contributed by atoms with van der Waals surface area (Å²) in [6.45, 7) is 0.726. The van der Waals surface area contributed by atoms with Crippen molar-refractivity contribution < 1.29 is 19.4 Å². The van der Waals surface area contributed by atoms with Gasteiger partial charge in [-0.2, -0.15) is 5.10 Å². The summed E-state index contributed by atoms with van der Waals surface area (Å²) in [5, 5.41) is 16.0. The summed E-state index contributed by atoms with van der Waals surface area (Å²) in [4.78, 5) is 24.6. The van der Waals surface area contributed by atoms with Crippen molar-refractivity contribution in [2.24, 2.45) is 7.05 Å². The van der Waals surface area contributed by atoms with Crippen molar-refractivity contribution >= 4 is 12.0 Å². The van der Waals surface area contributed by atoms with Gasteiger partial charge in [0.1, 0.15) is 6.04 Å². The van der Waals surface area contributed by atoms with Gasteiger partial charge in [-0.15, -0.1) is 0 Å². The normalized spacial score (nSPS) is 21.5. The van der Waals surface area contributed by atoms with Gasteiger partial charge in [0, 0.05) is 52.0 Å². The predicted molar refractivity (Wildman–Crippen MR) is 73.9 cm³/mol. The van der Waals surface area contributed by atoms with Crippen LogP contribution >= 0.6 is 0 Å². The molecule has 2 N–H and O–H groups in total. The van der Waals surface area contributed by atoms with E-state index in [1.165, 1.54) is 12.0 Å². The zero-order valence-electron chi connectivity index (χ0n) is 12.2. The molecule has 116 valence electrons. The van der Waals surface area contributed by atoms with Crippen LogP contribution in [0.5, 0.6) is 0 Å². The van der Waals surface area contributed by atoms with Crippen molar-refractivity contribution in [2.45, 2.75) is 25.0 Å². The number of amides is 2. The monoisotopic (exact) mass is 296 g/mol. The summed E-state index contributed by atoms with van der Waals surface area (Å²) >= 11 is 0. The second-order valence-corrected chi connectivity index (χ2v) is 5.03. The Labute approximate surface area is 122 Å². The molecule has 0 bridgehead atoms. The molecule has 0 spiro atoms. The number of ether oxygens (including phenoxy) is 1. The summed E-state index contributed by atoms with van der Waals surface area (Å²) in [5.41, 5.74) is 1.00. The number of rotatable bonds is 5. The lowest BCUT2D eigenvalue weighted by molar-refractivity contribution is -0.141. The average molecular weight is 296 g/mol. The first-order valence-corrected chi connectivity index (χ1v) is 6.80. The first kappa shape index (κ1) is 15.3. The molecule has 0 saturated carbocycles. The highest BCUT2D eigenvalue weighted by Gasteiger charge is 2.39. The molecule has 1 aliphatic rings. The van der Waals surface area contributed by atoms with Crippen molar-refractivity contribution in [3.05, 3.63) is 18.0 Å². The lowest BCUT2D eigenvalue weighted by Gasteiger charge is -2.21. The lowest BCUT2D eigenvalue weighted by atomic mass is 10.2. The molecule has 21 heavy (non-hydrogen) atoms. The third-order valence-corrected chi connectivity index (χ3v) is 3.72. The van der Waals surface area contributed by atoms with E-state index in [-0.39, 0.29) is 12.1 Å². The molecule has 1 aliphatic heterocycles. The summed E-state index contributed by atoms with van der Waals surface area (Å²) in [6.07, 6.45) is 2.43. The number of methoxy groups -OCH3 is 1. The van der Waals surface area contributed by atoms with E-state index in [0.717, 1.165) is 5.69 Å². The fraction of sp³-hybridized carbons (Fsp3) is 0.615. The van der Waals surface area contributed by atoms with Crippen molar-refractivity contribution in [1.29, 1.82) is 0 Å². The minimum absolute atomic E-state index is 0.228. The number of likely N-dealkylation sites (tertiary alicyclic amines) is 1. The van der Waals surface area contributed by atoms with Gasteiger partial charge in [0.2, 0.25) is 0 Å². The summed E-state index contributed by atoms with van der Waals surface area (Å²) in [7, 11) is 3.36. The van der Waals surface area contributed by atoms with Gasteiger partial charge in [-0.25, -0.2) is 9.59 Å². The molecule has 0 aliphatic carbocycles. The van der Waals surface area contributed by atoms with Gasteiger partial charge in [-0.1, -0.05) is 0 Å². The number of carbonyl (C=O) groups is 2. The number of carboxylic acids is 1. The molecule has 2 rings (SSSR count). The molecular formula is C13H20N4O4. The molecule has 1 aromatic rings. The molecule has 1 fully saturated rings. The molecule has 0 aromatic carbocycles. The number of aliphatic carboxylic acids is 1. The quantitative estimate of drug-likeness (QED) is 0.787. The second kappa shape index (κ2) is 6.57. The van der Waals surface area contributed by atoms with Gasteiger partial charge in [0.15, 0.2) is 0 Å². The molecule has 2 atom stereocenters. The molecule has 8 nitrogen and oxygen atoms in total. The van der Waals surface area contributed by atoms with Crippen molar-refractivity contribution in [1.82, 2.24) is 20.0 Å². The smallest absolute Gasteiger partial charge is 0.326 e. The number of hydrogen-bond acceptors (Lipinski definition) is 4. The van der Waals surface area contributed by atoms with Crippen LogP contribution < -0.4 is 5.32 Å². The molecule has 0 radical (unpaired) electrons. The molecule has 2 amide bonds. The average Bonchev–Trinajstić information content (AvgIpc) is 3.05. The maximum atomic E-state index is 12.1. The van der Waals surface area contributed by atoms with Crippen LogP contribution in [0.25, 0.3) is 0 Å². The van der Waals surface area contributed by atoms with E-state index < -0.39 is 12.0 Å². The first-order chi connectivity index (χ1) is 10.0. The Balaban J connectivity index is 1.87. The van der Waals surface area contributed by atoms with Crippen LogP contribution in [0.3, 0.4) is 0 Å². The Bertz CT molecular complexity index is 516. The number of carboxylic acid groups (broad SMARTS) is 1. The third kappa shape index (κ3) is 3.52. The van der Waals surface area contributed by atoms with E-state index in [9.17, 15) is 9.59 Å². The van der Waals surface area contributed by atoms with E-state index in [0.29, 0.717) is 25.9 Å². The highest BCUT2D eigenvalue weighted by molar-refractivity contribution is 5.83. The van der Waals surface area contributed by atoms with Crippen molar-refractivity contribution in [3.63, 3.8) is 0 Å². The van der Waals surface area contributed by atoms with E-state index in [1.807, 2.05) is 13.1 Å². The van der Waals surface area contributed by atoms with Crippen LogP contribution in [0.1, 0.15) is 12.1 Å². The zero-order valence-corrected chi connectivity index (χ0v) is 12.2. The maximum Gasteiger partial charge on any atom is 0.326 e. The summed E-state index contributed by atoms with van der Waals surface area (Å²) < 4.78 is 6.89. The third-order valence-electron chi connectivity index (χ3n) is 3.72. The Morgan fingerprint density at radius 3 is 2.90 bits per heavy atom. The van der Waals surface area contributed by atoms with E-state index in [4.69, 9.17) is 9.84 Å². The number of aryl methyl sites for hydroxylation is 1. The van der Waals surface area contributed by atoms with Crippen LogP contribution in [0.15, 0.2) is 12.3 Å². The van der Waals surface area contributed by atoms with Crippen LogP contribution in [0, 0.1) is 0 Å².